The van der Waals surface area contributed by atoms with Gasteiger partial charge in [-0.3, -0.25) is 9.20 Å². The van der Waals surface area contributed by atoms with Gasteiger partial charge in [0.1, 0.15) is 22.9 Å². The molecule has 0 unspecified atom stereocenters. The zero-order valence-corrected chi connectivity index (χ0v) is 14.3. The molecule has 0 saturated carbocycles. The molecule has 1 aromatic carbocycles. The van der Waals surface area contributed by atoms with Crippen molar-refractivity contribution in [3.05, 3.63) is 54.1 Å². The smallest absolute Gasteiger partial charge is 0.312 e. The number of hydrogen-bond donors (Lipinski definition) is 0. The summed E-state index contributed by atoms with van der Waals surface area (Å²) in [6, 6.07) is 9.89. The first-order valence-corrected chi connectivity index (χ1v) is 7.99. The molecular weight excluding hydrogens is 339 g/mol. The van der Waals surface area contributed by atoms with Gasteiger partial charge in [-0.15, -0.1) is 10.2 Å². The second-order valence-corrected chi connectivity index (χ2v) is 5.31. The molecule has 0 saturated heterocycles. The number of halogens is 1. The Balaban J connectivity index is 2.05. The molecule has 2 aromatic heterocycles. The predicted molar refractivity (Wildman–Crippen MR) is 92.7 cm³/mol. The van der Waals surface area contributed by atoms with E-state index in [1.165, 1.54) is 29.8 Å². The lowest BCUT2D eigenvalue weighted by Gasteiger charge is -2.03. The molecule has 0 aliphatic heterocycles. The number of para-hydroxylation sites is 1. The molecule has 0 atom stereocenters. The van der Waals surface area contributed by atoms with Gasteiger partial charge in [-0.05, 0) is 31.2 Å². The van der Waals surface area contributed by atoms with Gasteiger partial charge in [0.2, 0.25) is 0 Å². The van der Waals surface area contributed by atoms with Crippen molar-refractivity contribution in [2.75, 3.05) is 13.7 Å². The fraction of sp³-hybridized carbons (Fsp3) is 0.222. The van der Waals surface area contributed by atoms with Gasteiger partial charge in [-0.2, -0.15) is 0 Å². The number of fused-ring (bicyclic) bond motifs is 1. The first-order chi connectivity index (χ1) is 12.6. The van der Waals surface area contributed by atoms with Gasteiger partial charge in [0, 0.05) is 6.20 Å². The number of esters is 1. The lowest BCUT2D eigenvalue weighted by atomic mass is 10.3. The standard InChI is InChI=1S/C18H17FN4O3/c1-3-26-17(24)10-14-18(23-11-12(19)8-9-16(23)20-14)22-21-13-6-4-5-7-15(13)25-2/h4-9,11H,3,10H2,1-2H3. The normalized spacial score (nSPS) is 11.2. The van der Waals surface area contributed by atoms with Crippen LogP contribution in [0.2, 0.25) is 0 Å². The molecule has 0 aliphatic rings. The van der Waals surface area contributed by atoms with Gasteiger partial charge >= 0.3 is 5.97 Å². The molecule has 7 nitrogen and oxygen atoms in total. The number of hydrogen-bond acceptors (Lipinski definition) is 6. The number of carbonyl (C=O) groups is 1. The molecule has 0 amide bonds. The number of methoxy groups -OCH3 is 1. The number of ether oxygens (including phenoxy) is 2. The van der Waals surface area contributed by atoms with Crippen LogP contribution in [0, 0.1) is 5.82 Å². The van der Waals surface area contributed by atoms with Crippen LogP contribution in [-0.4, -0.2) is 29.1 Å². The van der Waals surface area contributed by atoms with E-state index >= 15 is 0 Å². The molecule has 0 bridgehead atoms. The summed E-state index contributed by atoms with van der Waals surface area (Å²) < 4.78 is 25.3. The molecule has 3 aromatic rings. The Kier molecular flexibility index (Phi) is 5.21. The third-order valence-electron chi connectivity index (χ3n) is 3.58. The Morgan fingerprint density at radius 2 is 2.04 bits per heavy atom. The highest BCUT2D eigenvalue weighted by molar-refractivity contribution is 5.74. The summed E-state index contributed by atoms with van der Waals surface area (Å²) >= 11 is 0. The topological polar surface area (TPSA) is 77.5 Å². The van der Waals surface area contributed by atoms with Crippen molar-refractivity contribution in [2.24, 2.45) is 10.2 Å². The van der Waals surface area contributed by atoms with E-state index in [0.717, 1.165) is 0 Å². The van der Waals surface area contributed by atoms with Gasteiger partial charge in [-0.25, -0.2) is 9.37 Å². The van der Waals surface area contributed by atoms with Crippen molar-refractivity contribution < 1.29 is 18.7 Å². The van der Waals surface area contributed by atoms with E-state index in [2.05, 4.69) is 15.2 Å². The first kappa shape index (κ1) is 17.5. The van der Waals surface area contributed by atoms with Crippen molar-refractivity contribution in [3.8, 4) is 5.75 Å². The minimum Gasteiger partial charge on any atom is -0.494 e. The molecule has 26 heavy (non-hydrogen) atoms. The van der Waals surface area contributed by atoms with Crippen molar-refractivity contribution in [2.45, 2.75) is 13.3 Å². The molecule has 0 N–H and O–H groups in total. The Hall–Kier alpha value is -3.29. The maximum atomic E-state index is 13.7. The number of imidazole rings is 1. The minimum absolute atomic E-state index is 0.0859. The zero-order chi connectivity index (χ0) is 18.5. The van der Waals surface area contributed by atoms with E-state index in [4.69, 9.17) is 9.47 Å². The van der Waals surface area contributed by atoms with Gasteiger partial charge in [0.05, 0.1) is 25.8 Å². The summed E-state index contributed by atoms with van der Waals surface area (Å²) in [6.45, 7) is 1.98. The summed E-state index contributed by atoms with van der Waals surface area (Å²) in [7, 11) is 1.53. The fourth-order valence-electron chi connectivity index (χ4n) is 2.44. The Labute approximate surface area is 149 Å². The average Bonchev–Trinajstić information content (AvgIpc) is 2.96. The number of benzene rings is 1. The lowest BCUT2D eigenvalue weighted by Crippen LogP contribution is -2.07. The molecule has 3 rings (SSSR count). The highest BCUT2D eigenvalue weighted by atomic mass is 19.1. The number of nitrogens with zero attached hydrogens (tertiary/aromatic N) is 4. The Morgan fingerprint density at radius 1 is 1.23 bits per heavy atom. The van der Waals surface area contributed by atoms with E-state index in [1.54, 1.807) is 25.1 Å². The maximum Gasteiger partial charge on any atom is 0.312 e. The van der Waals surface area contributed by atoms with Crippen molar-refractivity contribution >= 4 is 23.1 Å². The van der Waals surface area contributed by atoms with Crippen LogP contribution in [0.4, 0.5) is 15.9 Å². The highest BCUT2D eigenvalue weighted by Gasteiger charge is 2.17. The van der Waals surface area contributed by atoms with Crippen LogP contribution >= 0.6 is 0 Å². The van der Waals surface area contributed by atoms with Crippen molar-refractivity contribution in [1.29, 1.82) is 0 Å². The number of aromatic nitrogens is 2. The molecule has 0 spiro atoms. The molecule has 0 aliphatic carbocycles. The Bertz CT molecular complexity index is 968. The number of rotatable bonds is 6. The maximum absolute atomic E-state index is 13.7. The molecule has 2 heterocycles. The van der Waals surface area contributed by atoms with Crippen LogP contribution in [0.25, 0.3) is 5.65 Å². The van der Waals surface area contributed by atoms with E-state index in [-0.39, 0.29) is 18.8 Å². The molecule has 0 fully saturated rings. The SMILES string of the molecule is CCOC(=O)Cc1nc2ccc(F)cn2c1N=Nc1ccccc1OC. The second kappa shape index (κ2) is 7.73. The third-order valence-corrected chi connectivity index (χ3v) is 3.58. The molecule has 0 radical (unpaired) electrons. The third kappa shape index (κ3) is 3.69. The van der Waals surface area contributed by atoms with Gasteiger partial charge in [-0.1, -0.05) is 12.1 Å². The van der Waals surface area contributed by atoms with E-state index in [1.807, 2.05) is 6.07 Å². The lowest BCUT2D eigenvalue weighted by molar-refractivity contribution is -0.142. The zero-order valence-electron chi connectivity index (χ0n) is 14.3. The van der Waals surface area contributed by atoms with E-state index in [0.29, 0.717) is 22.8 Å². The van der Waals surface area contributed by atoms with Gasteiger partial charge < -0.3 is 9.47 Å². The van der Waals surface area contributed by atoms with Crippen LogP contribution in [0.3, 0.4) is 0 Å². The summed E-state index contributed by atoms with van der Waals surface area (Å²) in [5, 5.41) is 8.38. The summed E-state index contributed by atoms with van der Waals surface area (Å²) in [4.78, 5) is 16.2. The summed E-state index contributed by atoms with van der Waals surface area (Å²) in [5.74, 6) is -0.0851. The fourth-order valence-corrected chi connectivity index (χ4v) is 2.44. The van der Waals surface area contributed by atoms with E-state index < -0.39 is 11.8 Å². The Morgan fingerprint density at radius 3 is 2.81 bits per heavy atom. The first-order valence-electron chi connectivity index (χ1n) is 7.99. The number of azo groups is 1. The quantitative estimate of drug-likeness (QED) is 0.494. The second-order valence-electron chi connectivity index (χ2n) is 5.31. The molecule has 8 heteroatoms. The number of carbonyl (C=O) groups excluding carboxylic acids is 1. The molecular formula is C18H17FN4O3. The van der Waals surface area contributed by atoms with Crippen LogP contribution in [-0.2, 0) is 16.0 Å². The van der Waals surface area contributed by atoms with Crippen molar-refractivity contribution in [1.82, 2.24) is 9.38 Å². The molecule has 134 valence electrons. The predicted octanol–water partition coefficient (Wildman–Crippen LogP) is 4.00. The summed E-state index contributed by atoms with van der Waals surface area (Å²) in [5.41, 5.74) is 1.32. The van der Waals surface area contributed by atoms with Crippen LogP contribution < -0.4 is 4.74 Å². The monoisotopic (exact) mass is 356 g/mol. The van der Waals surface area contributed by atoms with Crippen LogP contribution in [0.5, 0.6) is 5.75 Å². The minimum atomic E-state index is -0.452. The van der Waals surface area contributed by atoms with Gasteiger partial charge in [0.25, 0.3) is 0 Å². The summed E-state index contributed by atoms with van der Waals surface area (Å²) in [6.07, 6.45) is 1.16. The average molecular weight is 356 g/mol. The largest absolute Gasteiger partial charge is 0.494 e. The number of pyridine rings is 1. The highest BCUT2D eigenvalue weighted by Crippen LogP contribution is 2.30. The van der Waals surface area contributed by atoms with Gasteiger partial charge in [0.15, 0.2) is 5.82 Å². The van der Waals surface area contributed by atoms with E-state index in [9.17, 15) is 9.18 Å². The van der Waals surface area contributed by atoms with Crippen LogP contribution in [0.15, 0.2) is 52.8 Å². The van der Waals surface area contributed by atoms with Crippen molar-refractivity contribution in [3.63, 3.8) is 0 Å². The van der Waals surface area contributed by atoms with Crippen LogP contribution in [0.1, 0.15) is 12.6 Å².